The van der Waals surface area contributed by atoms with E-state index in [4.69, 9.17) is 23.2 Å². The molecule has 1 aromatic rings. The molecule has 0 spiro atoms. The van der Waals surface area contributed by atoms with Gasteiger partial charge in [0.15, 0.2) is 13.1 Å². The molecule has 0 heterocycles. The lowest BCUT2D eigenvalue weighted by Crippen LogP contribution is -2.87. The predicted octanol–water partition coefficient (Wildman–Crippen LogP) is 0.668. The highest BCUT2D eigenvalue weighted by atomic mass is 35.5. The summed E-state index contributed by atoms with van der Waals surface area (Å²) in [4.78, 5) is 22.3. The van der Waals surface area contributed by atoms with Gasteiger partial charge in [0, 0.05) is 15.7 Å². The molecule has 0 aliphatic carbocycles. The van der Waals surface area contributed by atoms with Crippen LogP contribution in [0.3, 0.4) is 0 Å². The zero-order valence-corrected chi connectivity index (χ0v) is 11.2. The number of amides is 1. The molecule has 0 radical (unpaired) electrons. The molecule has 0 atom stereocenters. The molecule has 0 saturated heterocycles. The molecule has 98 valence electrons. The fraction of sp³-hybridized carbons (Fsp3) is 0.273. The van der Waals surface area contributed by atoms with E-state index < -0.39 is 0 Å². The lowest BCUT2D eigenvalue weighted by molar-refractivity contribution is -0.633. The molecule has 5 nitrogen and oxygen atoms in total. The fourth-order valence-electron chi connectivity index (χ4n) is 1.24. The SMILES string of the molecule is COC(=O)C[NH2+]CC(=O)Nc1cc(Cl)cc(Cl)c1. The first-order chi connectivity index (χ1) is 8.51. The second kappa shape index (κ2) is 7.20. The third-order valence-corrected chi connectivity index (χ3v) is 2.45. The van der Waals surface area contributed by atoms with Gasteiger partial charge in [0.2, 0.25) is 0 Å². The van der Waals surface area contributed by atoms with Crippen LogP contribution in [0.2, 0.25) is 10.0 Å². The summed E-state index contributed by atoms with van der Waals surface area (Å²) in [5.41, 5.74) is 0.518. The molecule has 0 fully saturated rings. The first-order valence-electron chi connectivity index (χ1n) is 5.15. The van der Waals surface area contributed by atoms with Gasteiger partial charge >= 0.3 is 5.97 Å². The molecule has 0 aromatic heterocycles. The highest BCUT2D eigenvalue weighted by Gasteiger charge is 2.08. The number of ether oxygens (including phenoxy) is 1. The van der Waals surface area contributed by atoms with Crippen LogP contribution in [-0.2, 0) is 14.3 Å². The Hall–Kier alpha value is -1.30. The van der Waals surface area contributed by atoms with E-state index in [9.17, 15) is 9.59 Å². The normalized spacial score (nSPS) is 9.94. The van der Waals surface area contributed by atoms with Gasteiger partial charge < -0.3 is 15.4 Å². The van der Waals surface area contributed by atoms with Crippen LogP contribution in [0.5, 0.6) is 0 Å². The summed E-state index contributed by atoms with van der Waals surface area (Å²) in [7, 11) is 1.30. The van der Waals surface area contributed by atoms with Gasteiger partial charge in [0.05, 0.1) is 7.11 Å². The van der Waals surface area contributed by atoms with Gasteiger partial charge in [-0.15, -0.1) is 0 Å². The zero-order valence-electron chi connectivity index (χ0n) is 9.70. The number of carbonyl (C=O) groups is 2. The number of nitrogens with one attached hydrogen (secondary N) is 1. The minimum atomic E-state index is -0.381. The van der Waals surface area contributed by atoms with E-state index in [0.29, 0.717) is 15.7 Å². The molecule has 0 aliphatic rings. The smallest absolute Gasteiger partial charge is 0.361 e. The number of methoxy groups -OCH3 is 1. The molecule has 3 N–H and O–H groups in total. The Morgan fingerprint density at radius 1 is 1.22 bits per heavy atom. The summed E-state index contributed by atoms with van der Waals surface area (Å²) in [5, 5.41) is 5.04. The maximum atomic E-state index is 11.5. The molecule has 0 aliphatic heterocycles. The monoisotopic (exact) mass is 291 g/mol. The molecular weight excluding hydrogens is 279 g/mol. The maximum Gasteiger partial charge on any atom is 0.361 e. The van der Waals surface area contributed by atoms with Crippen LogP contribution in [0.15, 0.2) is 18.2 Å². The average molecular weight is 292 g/mol. The van der Waals surface area contributed by atoms with Crippen molar-refractivity contribution in [3.63, 3.8) is 0 Å². The van der Waals surface area contributed by atoms with E-state index in [1.165, 1.54) is 12.4 Å². The first-order valence-corrected chi connectivity index (χ1v) is 5.91. The van der Waals surface area contributed by atoms with Gasteiger partial charge in [-0.25, -0.2) is 4.79 Å². The number of anilines is 1. The van der Waals surface area contributed by atoms with Crippen molar-refractivity contribution in [2.75, 3.05) is 25.5 Å². The molecular formula is C11H13Cl2N2O3+. The summed E-state index contributed by atoms with van der Waals surface area (Å²) in [6.45, 7) is 0.208. The highest BCUT2D eigenvalue weighted by molar-refractivity contribution is 6.35. The minimum absolute atomic E-state index is 0.0974. The fourth-order valence-corrected chi connectivity index (χ4v) is 1.77. The van der Waals surface area contributed by atoms with Crippen molar-refractivity contribution in [1.29, 1.82) is 0 Å². The minimum Gasteiger partial charge on any atom is -0.465 e. The Morgan fingerprint density at radius 3 is 2.39 bits per heavy atom. The number of hydrogen-bond acceptors (Lipinski definition) is 3. The summed E-state index contributed by atoms with van der Waals surface area (Å²) >= 11 is 11.6. The van der Waals surface area contributed by atoms with Crippen LogP contribution in [0.25, 0.3) is 0 Å². The van der Waals surface area contributed by atoms with Crippen molar-refractivity contribution in [2.24, 2.45) is 0 Å². The summed E-state index contributed by atoms with van der Waals surface area (Å²) in [5.74, 6) is -0.633. The Labute approximate surface area is 114 Å². The second-order valence-electron chi connectivity index (χ2n) is 3.48. The largest absolute Gasteiger partial charge is 0.465 e. The number of nitrogens with two attached hydrogens (primary N) is 1. The molecule has 1 amide bonds. The van der Waals surface area contributed by atoms with Crippen LogP contribution >= 0.6 is 23.2 Å². The topological polar surface area (TPSA) is 72.0 Å². The Kier molecular flexibility index (Phi) is 5.91. The van der Waals surface area contributed by atoms with Crippen molar-refractivity contribution < 1.29 is 19.6 Å². The molecule has 0 saturated carbocycles. The van der Waals surface area contributed by atoms with Crippen LogP contribution in [0.4, 0.5) is 5.69 Å². The third-order valence-electron chi connectivity index (χ3n) is 2.01. The Balaban J connectivity index is 2.42. The molecule has 1 rings (SSSR count). The van der Waals surface area contributed by atoms with E-state index >= 15 is 0 Å². The van der Waals surface area contributed by atoms with Gasteiger partial charge in [0.25, 0.3) is 5.91 Å². The lowest BCUT2D eigenvalue weighted by atomic mass is 10.3. The number of benzene rings is 1. The Morgan fingerprint density at radius 2 is 1.83 bits per heavy atom. The summed E-state index contributed by atoms with van der Waals surface area (Å²) < 4.78 is 4.44. The van der Waals surface area contributed by atoms with Crippen molar-refractivity contribution in [2.45, 2.75) is 0 Å². The number of halogens is 2. The van der Waals surface area contributed by atoms with Crippen LogP contribution in [0.1, 0.15) is 0 Å². The lowest BCUT2D eigenvalue weighted by Gasteiger charge is -2.05. The number of carbonyl (C=O) groups excluding carboxylic acids is 2. The van der Waals surface area contributed by atoms with Crippen LogP contribution in [-0.4, -0.2) is 32.1 Å². The summed E-state index contributed by atoms with van der Waals surface area (Å²) in [6.07, 6.45) is 0. The quantitative estimate of drug-likeness (QED) is 0.783. The maximum absolute atomic E-state index is 11.5. The predicted molar refractivity (Wildman–Crippen MR) is 68.8 cm³/mol. The van der Waals surface area contributed by atoms with Crippen molar-refractivity contribution in [3.8, 4) is 0 Å². The zero-order chi connectivity index (χ0) is 13.5. The van der Waals surface area contributed by atoms with E-state index in [0.717, 1.165) is 0 Å². The molecule has 1 aromatic carbocycles. The highest BCUT2D eigenvalue weighted by Crippen LogP contribution is 2.22. The standard InChI is InChI=1S/C11H12Cl2N2O3/c1-18-11(17)6-14-5-10(16)15-9-3-7(12)2-8(13)4-9/h2-4,14H,5-6H2,1H3,(H,15,16)/p+1. The van der Waals surface area contributed by atoms with Crippen molar-refractivity contribution in [3.05, 3.63) is 28.2 Å². The van der Waals surface area contributed by atoms with Gasteiger partial charge in [-0.1, -0.05) is 23.2 Å². The average Bonchev–Trinajstić information content (AvgIpc) is 2.27. The third kappa shape index (κ3) is 5.35. The Bertz CT molecular complexity index is 432. The van der Waals surface area contributed by atoms with Gasteiger partial charge in [0.1, 0.15) is 0 Å². The first kappa shape index (κ1) is 14.8. The van der Waals surface area contributed by atoms with Gasteiger partial charge in [-0.2, -0.15) is 0 Å². The van der Waals surface area contributed by atoms with E-state index in [1.807, 2.05) is 0 Å². The second-order valence-corrected chi connectivity index (χ2v) is 4.35. The van der Waals surface area contributed by atoms with Crippen LogP contribution in [0, 0.1) is 0 Å². The number of esters is 1. The molecule has 7 heteroatoms. The van der Waals surface area contributed by atoms with E-state index in [1.54, 1.807) is 18.2 Å². The molecule has 0 bridgehead atoms. The van der Waals surface area contributed by atoms with Crippen molar-refractivity contribution in [1.82, 2.24) is 0 Å². The van der Waals surface area contributed by atoms with Crippen molar-refractivity contribution >= 4 is 40.8 Å². The number of quaternary nitrogens is 1. The summed E-state index contributed by atoms with van der Waals surface area (Å²) in [6, 6.07) is 4.75. The van der Waals surface area contributed by atoms with Crippen LogP contribution < -0.4 is 10.6 Å². The van der Waals surface area contributed by atoms with Gasteiger partial charge in [-0.05, 0) is 18.2 Å². The molecule has 18 heavy (non-hydrogen) atoms. The van der Waals surface area contributed by atoms with Gasteiger partial charge in [-0.3, -0.25) is 4.79 Å². The number of hydrogen-bond donors (Lipinski definition) is 2. The van der Waals surface area contributed by atoms with E-state index in [-0.39, 0.29) is 25.0 Å². The number of rotatable bonds is 5. The van der Waals surface area contributed by atoms with E-state index in [2.05, 4.69) is 10.1 Å². The molecule has 0 unspecified atom stereocenters.